The number of aromatic nitrogens is 1. The van der Waals surface area contributed by atoms with Gasteiger partial charge in [-0.1, -0.05) is 24.3 Å². The molecule has 1 aliphatic heterocycles. The molecule has 0 spiro atoms. The Labute approximate surface area is 251 Å². The zero-order chi connectivity index (χ0) is 31.6. The van der Waals surface area contributed by atoms with Crippen LogP contribution in [0, 0.1) is 17.7 Å². The van der Waals surface area contributed by atoms with Crippen LogP contribution in [0.25, 0.3) is 17.0 Å². The zero-order valence-corrected chi connectivity index (χ0v) is 24.2. The Morgan fingerprint density at radius 1 is 1.11 bits per heavy atom. The first-order valence-corrected chi connectivity index (χ1v) is 14.3. The number of carbonyl (C=O) groups excluding carboxylic acids is 3. The van der Waals surface area contributed by atoms with Gasteiger partial charge in [-0.05, 0) is 79.6 Å². The van der Waals surface area contributed by atoms with E-state index in [1.807, 2.05) is 12.1 Å². The summed E-state index contributed by atoms with van der Waals surface area (Å²) in [7, 11) is 1.54. The molecule has 3 atom stereocenters. The van der Waals surface area contributed by atoms with Crippen LogP contribution in [0.1, 0.15) is 53.8 Å². The van der Waals surface area contributed by atoms with E-state index in [-0.39, 0.29) is 5.69 Å². The minimum absolute atomic E-state index is 0.0550. The van der Waals surface area contributed by atoms with Crippen LogP contribution >= 0.6 is 0 Å². The number of rotatable bonds is 9. The number of ether oxygens (including phenoxy) is 1. The van der Waals surface area contributed by atoms with E-state index >= 15 is 0 Å². The predicted octanol–water partition coefficient (Wildman–Crippen LogP) is 5.19. The average Bonchev–Trinajstić information content (AvgIpc) is 3.71. The predicted molar refractivity (Wildman–Crippen MR) is 155 cm³/mol. The number of allylic oxidation sites excluding steroid dienone is 1. The van der Waals surface area contributed by atoms with Crippen LogP contribution in [0.2, 0.25) is 0 Å². The second kappa shape index (κ2) is 12.6. The van der Waals surface area contributed by atoms with Crippen LogP contribution in [0.4, 0.5) is 17.6 Å². The van der Waals surface area contributed by atoms with Gasteiger partial charge in [-0.25, -0.2) is 9.37 Å². The van der Waals surface area contributed by atoms with Crippen LogP contribution < -0.4 is 15.4 Å². The molecule has 232 valence electrons. The highest BCUT2D eigenvalue weighted by molar-refractivity contribution is 5.97. The van der Waals surface area contributed by atoms with Gasteiger partial charge in [0.25, 0.3) is 5.91 Å². The van der Waals surface area contributed by atoms with Crippen molar-refractivity contribution >= 4 is 34.7 Å². The molecule has 2 N–H and O–H groups in total. The van der Waals surface area contributed by atoms with Crippen molar-refractivity contribution in [3.63, 3.8) is 0 Å². The number of likely N-dealkylation sites (tertiary alicyclic amines) is 1. The number of methoxy groups -OCH3 is 1. The van der Waals surface area contributed by atoms with Gasteiger partial charge in [-0.2, -0.15) is 13.2 Å². The summed E-state index contributed by atoms with van der Waals surface area (Å²) in [6.07, 6.45) is 1.03. The van der Waals surface area contributed by atoms with E-state index < -0.39 is 67.2 Å². The van der Waals surface area contributed by atoms with Crippen molar-refractivity contribution in [1.82, 2.24) is 20.5 Å². The number of alkyl halides is 3. The number of pyridine rings is 1. The van der Waals surface area contributed by atoms with Crippen molar-refractivity contribution in [2.24, 2.45) is 11.8 Å². The summed E-state index contributed by atoms with van der Waals surface area (Å²) in [5, 5.41) is 5.64. The van der Waals surface area contributed by atoms with Gasteiger partial charge in [0.15, 0.2) is 0 Å². The van der Waals surface area contributed by atoms with Crippen LogP contribution in [-0.4, -0.2) is 60.0 Å². The van der Waals surface area contributed by atoms with Gasteiger partial charge in [-0.15, -0.1) is 0 Å². The first-order chi connectivity index (χ1) is 20.9. The largest absolute Gasteiger partial charge is 0.497 e. The molecule has 3 aromatic rings. The number of fused-ring (bicyclic) bond motifs is 1. The van der Waals surface area contributed by atoms with E-state index in [1.165, 1.54) is 30.3 Å². The fourth-order valence-electron chi connectivity index (χ4n) is 5.30. The fourth-order valence-corrected chi connectivity index (χ4v) is 5.30. The zero-order valence-electron chi connectivity index (χ0n) is 24.2. The van der Waals surface area contributed by atoms with Crippen molar-refractivity contribution in [3.8, 4) is 5.75 Å². The van der Waals surface area contributed by atoms with Crippen LogP contribution in [0.3, 0.4) is 0 Å². The number of amides is 3. The number of hydrogen-bond acceptors (Lipinski definition) is 5. The Bertz CT molecular complexity index is 1600. The monoisotopic (exact) mass is 612 g/mol. The number of hydrogen-bond donors (Lipinski definition) is 2. The first-order valence-electron chi connectivity index (χ1n) is 14.3. The highest BCUT2D eigenvalue weighted by Crippen LogP contribution is 2.37. The van der Waals surface area contributed by atoms with E-state index in [0.717, 1.165) is 28.9 Å². The topological polar surface area (TPSA) is 101 Å². The average molecular weight is 613 g/mol. The van der Waals surface area contributed by atoms with Crippen molar-refractivity contribution in [3.05, 3.63) is 77.2 Å². The molecule has 8 nitrogen and oxygen atoms in total. The molecule has 0 unspecified atom stereocenters. The molecule has 1 saturated heterocycles. The lowest BCUT2D eigenvalue weighted by Crippen LogP contribution is -2.49. The van der Waals surface area contributed by atoms with Gasteiger partial charge >= 0.3 is 6.18 Å². The van der Waals surface area contributed by atoms with E-state index in [2.05, 4.69) is 21.7 Å². The first kappa shape index (κ1) is 31.0. The number of carbonyl (C=O) groups is 3. The maximum atomic E-state index is 13.7. The van der Waals surface area contributed by atoms with Gasteiger partial charge in [0.1, 0.15) is 23.3 Å². The molecule has 0 bridgehead atoms. The smallest absolute Gasteiger partial charge is 0.393 e. The Kier molecular flexibility index (Phi) is 8.89. The Morgan fingerprint density at radius 3 is 2.59 bits per heavy atom. The number of benzene rings is 2. The Balaban J connectivity index is 1.28. The number of halogens is 4. The minimum Gasteiger partial charge on any atom is -0.497 e. The van der Waals surface area contributed by atoms with Crippen molar-refractivity contribution in [2.45, 2.75) is 44.4 Å². The quantitative estimate of drug-likeness (QED) is 0.324. The maximum Gasteiger partial charge on any atom is 0.393 e. The highest BCUT2D eigenvalue weighted by atomic mass is 19.4. The third-order valence-electron chi connectivity index (χ3n) is 7.96. The summed E-state index contributed by atoms with van der Waals surface area (Å²) in [5.41, 5.74) is 1.86. The van der Waals surface area contributed by atoms with Crippen LogP contribution in [0.15, 0.2) is 54.6 Å². The van der Waals surface area contributed by atoms with Gasteiger partial charge in [0, 0.05) is 11.9 Å². The van der Waals surface area contributed by atoms with E-state index in [9.17, 15) is 31.9 Å². The Morgan fingerprint density at radius 2 is 1.89 bits per heavy atom. The molecule has 2 aromatic carbocycles. The second-order valence-corrected chi connectivity index (χ2v) is 11.2. The molecule has 2 aliphatic rings. The van der Waals surface area contributed by atoms with Crippen LogP contribution in [0.5, 0.6) is 5.75 Å². The molecule has 2 fully saturated rings. The van der Waals surface area contributed by atoms with Gasteiger partial charge < -0.3 is 20.3 Å². The van der Waals surface area contributed by atoms with E-state index in [1.54, 1.807) is 26.2 Å². The Hall–Kier alpha value is -4.48. The molecule has 3 amide bonds. The van der Waals surface area contributed by atoms with Gasteiger partial charge in [0.2, 0.25) is 11.8 Å². The molecule has 1 saturated carbocycles. The van der Waals surface area contributed by atoms with Gasteiger partial charge in [-0.3, -0.25) is 14.4 Å². The van der Waals surface area contributed by atoms with E-state index in [0.29, 0.717) is 22.6 Å². The molecule has 44 heavy (non-hydrogen) atoms. The normalized spacial score (nSPS) is 19.3. The molecular formula is C32H32F4N4O4. The minimum atomic E-state index is -4.62. The lowest BCUT2D eigenvalue weighted by atomic mass is 9.99. The lowest BCUT2D eigenvalue weighted by molar-refractivity contribution is -0.171. The lowest BCUT2D eigenvalue weighted by Gasteiger charge is -2.26. The molecule has 5 rings (SSSR count). The maximum absolute atomic E-state index is 13.7. The molecule has 0 radical (unpaired) electrons. The number of nitrogens with zero attached hydrogens (tertiary/aromatic N) is 2. The summed E-state index contributed by atoms with van der Waals surface area (Å²) >= 11 is 0. The third-order valence-corrected chi connectivity index (χ3v) is 7.96. The standard InChI is InChI=1S/C32H32F4N4O4/c1-18(25-10-9-24(44-2)14-20(25)6-5-19-3-4-19)38-31(43)28-15-22(32(34,35)36)17-40(28)29(41)16-37-30(42)27-11-7-21-13-23(33)8-12-26(21)39-27/h5-14,18-19,22,28H,3-4,15-17H2,1-2H3,(H,37,42)(H,38,43)/b6-5+/t18-,22+,28-/m0/s1. The van der Waals surface area contributed by atoms with E-state index in [4.69, 9.17) is 4.74 Å². The highest BCUT2D eigenvalue weighted by Gasteiger charge is 2.51. The second-order valence-electron chi connectivity index (χ2n) is 11.2. The van der Waals surface area contributed by atoms with Crippen molar-refractivity contribution in [1.29, 1.82) is 0 Å². The van der Waals surface area contributed by atoms with Gasteiger partial charge in [0.05, 0.1) is 31.1 Å². The fraction of sp³-hybridized carbons (Fsp3) is 0.375. The summed E-state index contributed by atoms with van der Waals surface area (Å²) < 4.78 is 60.0. The summed E-state index contributed by atoms with van der Waals surface area (Å²) in [5.74, 6) is -3.53. The number of nitrogens with one attached hydrogen (secondary N) is 2. The summed E-state index contributed by atoms with van der Waals surface area (Å²) in [6.45, 7) is 0.380. The third kappa shape index (κ3) is 7.17. The SMILES string of the molecule is COc1ccc([C@H](C)NC(=O)[C@@H]2C[C@@H](C(F)(F)F)CN2C(=O)CNC(=O)c2ccc3cc(F)ccc3n2)c(/C=C/C2CC2)c1. The molecule has 1 aromatic heterocycles. The molecular weight excluding hydrogens is 580 g/mol. The molecule has 1 aliphatic carbocycles. The molecule has 2 heterocycles. The summed E-state index contributed by atoms with van der Waals surface area (Å²) in [6, 6.07) is 10.1. The van der Waals surface area contributed by atoms with Crippen LogP contribution in [-0.2, 0) is 9.59 Å². The molecule has 12 heteroatoms. The van der Waals surface area contributed by atoms with Crippen molar-refractivity contribution < 1.29 is 36.7 Å². The summed E-state index contributed by atoms with van der Waals surface area (Å²) in [4.78, 5) is 44.3. The van der Waals surface area contributed by atoms with Crippen molar-refractivity contribution in [2.75, 3.05) is 20.2 Å².